The van der Waals surface area contributed by atoms with Gasteiger partial charge in [-0.2, -0.15) is 9.40 Å². The van der Waals surface area contributed by atoms with Crippen molar-refractivity contribution in [2.45, 2.75) is 25.4 Å². The van der Waals surface area contributed by atoms with Crippen molar-refractivity contribution in [2.75, 3.05) is 26.2 Å². The second-order valence-corrected chi connectivity index (χ2v) is 9.38. The van der Waals surface area contributed by atoms with E-state index >= 15 is 0 Å². The number of aromatic nitrogens is 2. The van der Waals surface area contributed by atoms with Crippen LogP contribution >= 0.6 is 0 Å². The van der Waals surface area contributed by atoms with Crippen molar-refractivity contribution in [3.05, 3.63) is 70.1 Å². The van der Waals surface area contributed by atoms with Gasteiger partial charge in [0.15, 0.2) is 0 Å². The van der Waals surface area contributed by atoms with Gasteiger partial charge in [-0.3, -0.25) is 9.69 Å². The number of sulfonamides is 1. The minimum absolute atomic E-state index is 0.131. The summed E-state index contributed by atoms with van der Waals surface area (Å²) in [5, 5.41) is 5.72. The molecule has 1 fully saturated rings. The van der Waals surface area contributed by atoms with Gasteiger partial charge in [-0.15, -0.1) is 0 Å². The van der Waals surface area contributed by atoms with Crippen molar-refractivity contribution in [3.63, 3.8) is 0 Å². The van der Waals surface area contributed by atoms with E-state index in [1.54, 1.807) is 24.4 Å². The predicted octanol–water partition coefficient (Wildman–Crippen LogP) is 1.98. The van der Waals surface area contributed by atoms with Gasteiger partial charge in [-0.25, -0.2) is 13.1 Å². The fourth-order valence-corrected chi connectivity index (χ4v) is 5.06. The Balaban J connectivity index is 1.46. The van der Waals surface area contributed by atoms with Crippen LogP contribution in [0.4, 0.5) is 0 Å². The average molecular weight is 413 g/mol. The molecule has 2 aromatic carbocycles. The Kier molecular flexibility index (Phi) is 5.24. The smallest absolute Gasteiger partial charge is 0.275 e. The molecule has 1 aliphatic heterocycles. The Labute approximate surface area is 170 Å². The first-order chi connectivity index (χ1) is 13.9. The molecular weight excluding hydrogens is 388 g/mol. The van der Waals surface area contributed by atoms with Gasteiger partial charge in [0.1, 0.15) is 0 Å². The highest BCUT2D eigenvalue weighted by Gasteiger charge is 2.29. The van der Waals surface area contributed by atoms with E-state index in [0.717, 1.165) is 16.5 Å². The van der Waals surface area contributed by atoms with Crippen LogP contribution < -0.4 is 5.56 Å². The van der Waals surface area contributed by atoms with Crippen LogP contribution in [0, 0.1) is 13.8 Å². The number of nitrogens with zero attached hydrogens (tertiary/aromatic N) is 4. The molecule has 0 amide bonds. The monoisotopic (exact) mass is 412 g/mol. The Bertz CT molecular complexity index is 1210. The SMILES string of the molecule is Cc1ccc(S(=O)(=O)N2CCN(Cn3ncc4ccccc4c3=O)CC2)cc1C. The molecule has 0 unspecified atom stereocenters. The van der Waals surface area contributed by atoms with Crippen molar-refractivity contribution in [3.8, 4) is 0 Å². The molecule has 8 heteroatoms. The molecule has 1 saturated heterocycles. The van der Waals surface area contributed by atoms with Gasteiger partial charge in [0.05, 0.1) is 23.1 Å². The van der Waals surface area contributed by atoms with Gasteiger partial charge < -0.3 is 0 Å². The van der Waals surface area contributed by atoms with Crippen LogP contribution in [-0.4, -0.2) is 53.6 Å². The first-order valence-corrected chi connectivity index (χ1v) is 11.0. The average Bonchev–Trinajstić information content (AvgIpc) is 2.72. The largest absolute Gasteiger partial charge is 0.282 e. The lowest BCUT2D eigenvalue weighted by atomic mass is 10.1. The number of benzene rings is 2. The summed E-state index contributed by atoms with van der Waals surface area (Å²) in [5.74, 6) is 0. The van der Waals surface area contributed by atoms with Crippen LogP contribution in [0.15, 0.2) is 58.4 Å². The molecule has 1 aliphatic rings. The zero-order valence-corrected chi connectivity index (χ0v) is 17.4. The second kappa shape index (κ2) is 7.70. The van der Waals surface area contributed by atoms with E-state index < -0.39 is 10.0 Å². The van der Waals surface area contributed by atoms with Crippen LogP contribution in [0.25, 0.3) is 10.8 Å². The number of hydrogen-bond acceptors (Lipinski definition) is 5. The minimum atomic E-state index is -3.51. The summed E-state index contributed by atoms with van der Waals surface area (Å²) in [7, 11) is -3.51. The molecule has 0 radical (unpaired) electrons. The molecule has 152 valence electrons. The van der Waals surface area contributed by atoms with Gasteiger partial charge >= 0.3 is 0 Å². The van der Waals surface area contributed by atoms with E-state index in [0.29, 0.717) is 43.1 Å². The van der Waals surface area contributed by atoms with Gasteiger partial charge in [0.25, 0.3) is 5.56 Å². The standard InChI is InChI=1S/C21H24N4O3S/c1-16-7-8-19(13-17(16)2)29(27,28)24-11-9-23(10-12-24)15-25-21(26)20-6-4-3-5-18(20)14-22-25/h3-8,13-14H,9-12,15H2,1-2H3. The van der Waals surface area contributed by atoms with Gasteiger partial charge in [0, 0.05) is 31.6 Å². The topological polar surface area (TPSA) is 75.5 Å². The zero-order chi connectivity index (χ0) is 20.6. The third-order valence-electron chi connectivity index (χ3n) is 5.54. The Morgan fingerprint density at radius 1 is 0.966 bits per heavy atom. The third-order valence-corrected chi connectivity index (χ3v) is 7.44. The van der Waals surface area contributed by atoms with E-state index in [1.165, 1.54) is 8.99 Å². The van der Waals surface area contributed by atoms with Gasteiger partial charge in [0.2, 0.25) is 10.0 Å². The molecule has 0 atom stereocenters. The zero-order valence-electron chi connectivity index (χ0n) is 16.6. The first kappa shape index (κ1) is 19.8. The summed E-state index contributed by atoms with van der Waals surface area (Å²) in [5.41, 5.74) is 1.90. The fourth-order valence-electron chi connectivity index (χ4n) is 3.55. The van der Waals surface area contributed by atoms with E-state index in [4.69, 9.17) is 0 Å². The maximum Gasteiger partial charge on any atom is 0.275 e. The molecule has 1 aromatic heterocycles. The minimum Gasteiger partial charge on any atom is -0.282 e. The summed E-state index contributed by atoms with van der Waals surface area (Å²) in [4.78, 5) is 15.0. The van der Waals surface area contributed by atoms with Gasteiger partial charge in [-0.05, 0) is 43.2 Å². The highest BCUT2D eigenvalue weighted by atomic mass is 32.2. The summed E-state index contributed by atoms with van der Waals surface area (Å²) in [6.45, 7) is 6.10. The summed E-state index contributed by atoms with van der Waals surface area (Å²) >= 11 is 0. The van der Waals surface area contributed by atoms with Crippen LogP contribution in [0.2, 0.25) is 0 Å². The van der Waals surface area contributed by atoms with Crippen molar-refractivity contribution < 1.29 is 8.42 Å². The number of rotatable bonds is 4. The molecule has 0 aliphatic carbocycles. The Morgan fingerprint density at radius 2 is 1.69 bits per heavy atom. The number of hydrogen-bond donors (Lipinski definition) is 0. The Hall–Kier alpha value is -2.55. The molecule has 4 rings (SSSR count). The second-order valence-electron chi connectivity index (χ2n) is 7.45. The maximum atomic E-state index is 13.0. The molecule has 0 bridgehead atoms. The summed E-state index contributed by atoms with van der Waals surface area (Å²) in [6.07, 6.45) is 1.69. The van der Waals surface area contributed by atoms with Crippen LogP contribution in [-0.2, 0) is 16.7 Å². The van der Waals surface area contributed by atoms with Crippen LogP contribution in [0.3, 0.4) is 0 Å². The molecule has 3 aromatic rings. The highest BCUT2D eigenvalue weighted by molar-refractivity contribution is 7.89. The van der Waals surface area contributed by atoms with Crippen molar-refractivity contribution in [1.29, 1.82) is 0 Å². The molecular formula is C21H24N4O3S. The first-order valence-electron chi connectivity index (χ1n) is 9.61. The predicted molar refractivity (Wildman–Crippen MR) is 112 cm³/mol. The van der Waals surface area contributed by atoms with Crippen LogP contribution in [0.5, 0.6) is 0 Å². The molecule has 0 saturated carbocycles. The third kappa shape index (κ3) is 3.83. The highest BCUT2D eigenvalue weighted by Crippen LogP contribution is 2.20. The van der Waals surface area contributed by atoms with E-state index in [-0.39, 0.29) is 5.56 Å². The van der Waals surface area contributed by atoms with Gasteiger partial charge in [-0.1, -0.05) is 24.3 Å². The van der Waals surface area contributed by atoms with E-state index in [2.05, 4.69) is 10.00 Å². The van der Waals surface area contributed by atoms with Crippen LogP contribution in [0.1, 0.15) is 11.1 Å². The Morgan fingerprint density at radius 3 is 2.41 bits per heavy atom. The van der Waals surface area contributed by atoms with Crippen molar-refractivity contribution in [1.82, 2.24) is 19.0 Å². The summed E-state index contributed by atoms with van der Waals surface area (Å²) in [6, 6.07) is 12.6. The molecule has 29 heavy (non-hydrogen) atoms. The van der Waals surface area contributed by atoms with Crippen molar-refractivity contribution >= 4 is 20.8 Å². The fraction of sp³-hybridized carbons (Fsp3) is 0.333. The lowest BCUT2D eigenvalue weighted by molar-refractivity contribution is 0.143. The van der Waals surface area contributed by atoms with Crippen molar-refractivity contribution in [2.24, 2.45) is 0 Å². The van der Waals surface area contributed by atoms with E-state index in [1.807, 2.05) is 38.1 Å². The summed E-state index contributed by atoms with van der Waals surface area (Å²) < 4.78 is 28.9. The van der Waals surface area contributed by atoms with E-state index in [9.17, 15) is 13.2 Å². The number of piperazine rings is 1. The molecule has 7 nitrogen and oxygen atoms in total. The number of aryl methyl sites for hydroxylation is 2. The maximum absolute atomic E-state index is 13.0. The molecule has 0 spiro atoms. The quantitative estimate of drug-likeness (QED) is 0.655. The molecule has 2 heterocycles. The lowest BCUT2D eigenvalue weighted by Gasteiger charge is -2.33. The normalized spacial score (nSPS) is 16.3. The molecule has 0 N–H and O–H groups in total. The lowest BCUT2D eigenvalue weighted by Crippen LogP contribution is -2.49. The number of fused-ring (bicyclic) bond motifs is 1.